The molecule has 0 saturated carbocycles. The van der Waals surface area contributed by atoms with Gasteiger partial charge in [-0.2, -0.15) is 0 Å². The van der Waals surface area contributed by atoms with E-state index in [1.54, 1.807) is 7.11 Å². The van der Waals surface area contributed by atoms with Gasteiger partial charge in [0.25, 0.3) is 0 Å². The zero-order valence-corrected chi connectivity index (χ0v) is 16.7. The van der Waals surface area contributed by atoms with Crippen LogP contribution >= 0.6 is 0 Å². The van der Waals surface area contributed by atoms with E-state index < -0.39 is 11.4 Å². The van der Waals surface area contributed by atoms with Crippen molar-refractivity contribution in [2.75, 3.05) is 14.2 Å². The molecule has 2 bridgehead atoms. The molecule has 0 N–H and O–H groups in total. The molecule has 0 unspecified atom stereocenters. The number of rotatable bonds is 6. The van der Waals surface area contributed by atoms with E-state index >= 15 is 0 Å². The second-order valence-corrected chi connectivity index (χ2v) is 7.85. The van der Waals surface area contributed by atoms with Crippen LogP contribution in [0.25, 0.3) is 0 Å². The van der Waals surface area contributed by atoms with Crippen molar-refractivity contribution in [1.82, 2.24) is 4.90 Å². The van der Waals surface area contributed by atoms with Crippen LogP contribution in [0.5, 0.6) is 5.75 Å². The minimum absolute atomic E-state index is 0.0289. The Labute approximate surface area is 161 Å². The van der Waals surface area contributed by atoms with Crippen molar-refractivity contribution in [3.05, 3.63) is 41.5 Å². The van der Waals surface area contributed by atoms with E-state index in [9.17, 15) is 9.59 Å². The number of hydrogen-bond acceptors (Lipinski definition) is 5. The molecule has 27 heavy (non-hydrogen) atoms. The summed E-state index contributed by atoms with van der Waals surface area (Å²) < 4.78 is 10.5. The molecule has 2 fully saturated rings. The molecule has 0 radical (unpaired) electrons. The van der Waals surface area contributed by atoms with Crippen LogP contribution in [0.15, 0.2) is 35.9 Å². The highest BCUT2D eigenvalue weighted by molar-refractivity contribution is 6.06. The zero-order valence-electron chi connectivity index (χ0n) is 16.7. The first-order chi connectivity index (χ1) is 12.9. The van der Waals surface area contributed by atoms with Crippen molar-refractivity contribution < 1.29 is 19.1 Å². The molecule has 146 valence electrons. The Hall–Kier alpha value is -2.14. The molecular weight excluding hydrogens is 342 g/mol. The lowest BCUT2D eigenvalue weighted by Crippen LogP contribution is -2.60. The van der Waals surface area contributed by atoms with E-state index in [1.807, 2.05) is 38.1 Å². The van der Waals surface area contributed by atoms with Gasteiger partial charge in [-0.25, -0.2) is 0 Å². The summed E-state index contributed by atoms with van der Waals surface area (Å²) in [5.41, 5.74) is 1.13. The number of ketones is 1. The van der Waals surface area contributed by atoms with E-state index in [2.05, 4.69) is 11.0 Å². The predicted octanol–water partition coefficient (Wildman–Crippen LogP) is 3.52. The van der Waals surface area contributed by atoms with Crippen LogP contribution in [0.3, 0.4) is 0 Å². The Morgan fingerprint density at radius 2 is 2.07 bits per heavy atom. The van der Waals surface area contributed by atoms with Gasteiger partial charge in [0, 0.05) is 25.0 Å². The average Bonchev–Trinajstić information content (AvgIpc) is 2.97. The summed E-state index contributed by atoms with van der Waals surface area (Å²) in [6.45, 7) is 4.68. The fourth-order valence-corrected chi connectivity index (χ4v) is 4.62. The SMILES string of the molecule is COC(=O)[C@]1(CC=C(C)C)C(=O)C[C@H]2CC[C@@H]1N2Cc1cccc(OC)c1. The molecule has 1 aromatic rings. The second kappa shape index (κ2) is 7.85. The number of ether oxygens (including phenoxy) is 2. The number of Topliss-reactive ketones (excluding diaryl/α,β-unsaturated/α-hetero) is 1. The van der Waals surface area contributed by atoms with Crippen LogP contribution < -0.4 is 4.74 Å². The minimum Gasteiger partial charge on any atom is -0.497 e. The van der Waals surface area contributed by atoms with Crippen LogP contribution in [0, 0.1) is 5.41 Å². The first-order valence-electron chi connectivity index (χ1n) is 9.56. The topological polar surface area (TPSA) is 55.8 Å². The second-order valence-electron chi connectivity index (χ2n) is 7.85. The summed E-state index contributed by atoms with van der Waals surface area (Å²) in [5, 5.41) is 0. The van der Waals surface area contributed by atoms with E-state index in [1.165, 1.54) is 7.11 Å². The van der Waals surface area contributed by atoms with Crippen molar-refractivity contribution in [3.8, 4) is 5.75 Å². The quantitative estimate of drug-likeness (QED) is 0.435. The number of piperidine rings is 1. The van der Waals surface area contributed by atoms with Gasteiger partial charge in [-0.3, -0.25) is 14.5 Å². The standard InChI is InChI=1S/C22H29NO4/c1-15(2)10-11-22(21(25)27-4)19-9-8-17(13-20(22)24)23(19)14-16-6-5-7-18(12-16)26-3/h5-7,10,12,17,19H,8-9,11,13-14H2,1-4H3/t17-,19+,22+/m1/s1. The van der Waals surface area contributed by atoms with E-state index in [4.69, 9.17) is 9.47 Å². The minimum atomic E-state index is -1.10. The fourth-order valence-electron chi connectivity index (χ4n) is 4.62. The summed E-state index contributed by atoms with van der Waals surface area (Å²) in [6.07, 6.45) is 4.59. The molecule has 0 spiro atoms. The van der Waals surface area contributed by atoms with E-state index in [0.717, 1.165) is 29.7 Å². The molecule has 3 atom stereocenters. The Balaban J connectivity index is 1.96. The van der Waals surface area contributed by atoms with Gasteiger partial charge in [-0.05, 0) is 50.8 Å². The van der Waals surface area contributed by atoms with Crippen LogP contribution in [0.1, 0.15) is 45.1 Å². The number of carbonyl (C=O) groups excluding carboxylic acids is 2. The van der Waals surface area contributed by atoms with Gasteiger partial charge >= 0.3 is 5.97 Å². The number of esters is 1. The fraction of sp³-hybridized carbons (Fsp3) is 0.545. The zero-order chi connectivity index (χ0) is 19.6. The van der Waals surface area contributed by atoms with Crippen LogP contribution in [0.4, 0.5) is 0 Å². The maximum Gasteiger partial charge on any atom is 0.321 e. The lowest BCUT2D eigenvalue weighted by Gasteiger charge is -2.45. The van der Waals surface area contributed by atoms with Crippen molar-refractivity contribution in [3.63, 3.8) is 0 Å². The molecule has 2 heterocycles. The molecule has 1 aromatic carbocycles. The monoisotopic (exact) mass is 371 g/mol. The van der Waals surface area contributed by atoms with Gasteiger partial charge in [0.05, 0.1) is 14.2 Å². The molecule has 2 aliphatic heterocycles. The number of fused-ring (bicyclic) bond motifs is 2. The molecule has 0 amide bonds. The third-order valence-electron chi connectivity index (χ3n) is 6.01. The first kappa shape index (κ1) is 19.6. The smallest absolute Gasteiger partial charge is 0.321 e. The molecule has 2 saturated heterocycles. The summed E-state index contributed by atoms with van der Waals surface area (Å²) >= 11 is 0. The Morgan fingerprint density at radius 1 is 1.30 bits per heavy atom. The summed E-state index contributed by atoms with van der Waals surface area (Å²) in [6, 6.07) is 8.05. The predicted molar refractivity (Wildman–Crippen MR) is 103 cm³/mol. The maximum atomic E-state index is 13.1. The van der Waals surface area contributed by atoms with Gasteiger partial charge < -0.3 is 9.47 Å². The van der Waals surface area contributed by atoms with Gasteiger partial charge in [0.15, 0.2) is 5.78 Å². The normalized spacial score (nSPS) is 27.3. The first-order valence-corrected chi connectivity index (χ1v) is 9.56. The van der Waals surface area contributed by atoms with Gasteiger partial charge in [-0.15, -0.1) is 0 Å². The summed E-state index contributed by atoms with van der Waals surface area (Å²) in [4.78, 5) is 28.3. The van der Waals surface area contributed by atoms with E-state index in [0.29, 0.717) is 19.4 Å². The third-order valence-corrected chi connectivity index (χ3v) is 6.01. The molecule has 0 aliphatic carbocycles. The molecule has 5 nitrogen and oxygen atoms in total. The third kappa shape index (κ3) is 3.53. The highest BCUT2D eigenvalue weighted by atomic mass is 16.5. The van der Waals surface area contributed by atoms with Gasteiger partial charge in [0.1, 0.15) is 11.2 Å². The Bertz CT molecular complexity index is 752. The van der Waals surface area contributed by atoms with Crippen molar-refractivity contribution in [2.24, 2.45) is 5.41 Å². The van der Waals surface area contributed by atoms with Crippen molar-refractivity contribution in [1.29, 1.82) is 0 Å². The molecular formula is C22H29NO4. The number of methoxy groups -OCH3 is 2. The summed E-state index contributed by atoms with van der Waals surface area (Å²) in [7, 11) is 3.04. The Morgan fingerprint density at radius 3 is 2.74 bits per heavy atom. The lowest BCUT2D eigenvalue weighted by atomic mass is 9.69. The Kier molecular flexibility index (Phi) is 5.70. The number of benzene rings is 1. The molecule has 2 aliphatic rings. The largest absolute Gasteiger partial charge is 0.497 e. The number of carbonyl (C=O) groups is 2. The number of nitrogens with zero attached hydrogens (tertiary/aromatic N) is 1. The number of hydrogen-bond donors (Lipinski definition) is 0. The summed E-state index contributed by atoms with van der Waals surface area (Å²) in [5.74, 6) is 0.448. The van der Waals surface area contributed by atoms with Crippen LogP contribution in [-0.4, -0.2) is 43.0 Å². The van der Waals surface area contributed by atoms with E-state index in [-0.39, 0.29) is 17.9 Å². The highest BCUT2D eigenvalue weighted by Crippen LogP contribution is 2.48. The lowest BCUT2D eigenvalue weighted by molar-refractivity contribution is -0.166. The number of allylic oxidation sites excluding steroid dienone is 2. The van der Waals surface area contributed by atoms with Crippen molar-refractivity contribution >= 4 is 11.8 Å². The van der Waals surface area contributed by atoms with Crippen LogP contribution in [0.2, 0.25) is 0 Å². The van der Waals surface area contributed by atoms with Gasteiger partial charge in [0.2, 0.25) is 0 Å². The molecule has 3 rings (SSSR count). The maximum absolute atomic E-state index is 13.1. The molecule has 0 aromatic heterocycles. The highest BCUT2D eigenvalue weighted by Gasteiger charge is 2.60. The van der Waals surface area contributed by atoms with Gasteiger partial charge in [-0.1, -0.05) is 23.8 Å². The van der Waals surface area contributed by atoms with Crippen molar-refractivity contribution in [2.45, 2.75) is 58.2 Å². The average molecular weight is 371 g/mol. The molecule has 5 heteroatoms. The van der Waals surface area contributed by atoms with Crippen LogP contribution in [-0.2, 0) is 20.9 Å².